The quantitative estimate of drug-likeness (QED) is 0.625. The van der Waals surface area contributed by atoms with E-state index in [-0.39, 0.29) is 11.7 Å². The Kier molecular flexibility index (Phi) is 5.84. The van der Waals surface area contributed by atoms with E-state index in [9.17, 15) is 10.1 Å². The number of fused-ring (bicyclic) bond motifs is 1. The van der Waals surface area contributed by atoms with Crippen LogP contribution in [0.2, 0.25) is 5.02 Å². The van der Waals surface area contributed by atoms with Crippen molar-refractivity contribution in [2.45, 2.75) is 11.9 Å². The molecule has 3 aromatic rings. The number of thioether (sulfide) groups is 1. The van der Waals surface area contributed by atoms with E-state index in [2.05, 4.69) is 16.4 Å². The number of nitriles is 1. The Bertz CT molecular complexity index is 1060. The second-order valence-electron chi connectivity index (χ2n) is 5.81. The van der Waals surface area contributed by atoms with Crippen LogP contribution in [0.4, 0.5) is 5.69 Å². The number of amides is 1. The van der Waals surface area contributed by atoms with Crippen LogP contribution in [-0.2, 0) is 4.79 Å². The van der Waals surface area contributed by atoms with Crippen molar-refractivity contribution in [2.24, 2.45) is 0 Å². The van der Waals surface area contributed by atoms with Crippen molar-refractivity contribution in [3.63, 3.8) is 0 Å². The van der Waals surface area contributed by atoms with Gasteiger partial charge >= 0.3 is 0 Å². The average molecular weight is 398 g/mol. The van der Waals surface area contributed by atoms with Crippen LogP contribution in [-0.4, -0.2) is 23.8 Å². The van der Waals surface area contributed by atoms with Gasteiger partial charge in [-0.05, 0) is 48.9 Å². The third-order valence-corrected chi connectivity index (χ3v) is 5.30. The van der Waals surface area contributed by atoms with Gasteiger partial charge in [0.05, 0.1) is 23.9 Å². The fourth-order valence-electron chi connectivity index (χ4n) is 2.46. The van der Waals surface area contributed by atoms with E-state index in [0.717, 1.165) is 16.5 Å². The molecule has 0 spiro atoms. The lowest BCUT2D eigenvalue weighted by atomic mass is 10.1. The minimum Gasteiger partial charge on any atom is -0.497 e. The lowest BCUT2D eigenvalue weighted by Crippen LogP contribution is -2.14. The minimum absolute atomic E-state index is 0.134. The van der Waals surface area contributed by atoms with Crippen molar-refractivity contribution in [3.8, 4) is 11.8 Å². The standard InChI is InChI=1S/C20H16ClN3O2S/c1-12-3-4-15(9-17(12)21)23-19(25)11-27-20-14(10-22)7-13-8-16(26-2)5-6-18(13)24-20/h3-9H,11H2,1-2H3,(H,23,25). The van der Waals surface area contributed by atoms with Gasteiger partial charge in [-0.2, -0.15) is 5.26 Å². The van der Waals surface area contributed by atoms with Crippen molar-refractivity contribution >= 4 is 45.9 Å². The number of carbonyl (C=O) groups excluding carboxylic acids is 1. The molecule has 1 heterocycles. The normalized spacial score (nSPS) is 10.4. The number of benzene rings is 2. The summed E-state index contributed by atoms with van der Waals surface area (Å²) in [5.74, 6) is 0.639. The van der Waals surface area contributed by atoms with Gasteiger partial charge in [-0.3, -0.25) is 4.79 Å². The molecule has 1 N–H and O–H groups in total. The maximum absolute atomic E-state index is 12.2. The summed E-state index contributed by atoms with van der Waals surface area (Å²) in [6.07, 6.45) is 0. The van der Waals surface area contributed by atoms with Gasteiger partial charge in [-0.1, -0.05) is 29.4 Å². The lowest BCUT2D eigenvalue weighted by Gasteiger charge is -2.08. The van der Waals surface area contributed by atoms with E-state index in [4.69, 9.17) is 16.3 Å². The first-order chi connectivity index (χ1) is 13.0. The molecular formula is C20H16ClN3O2S. The molecule has 0 radical (unpaired) electrons. The molecule has 3 rings (SSSR count). The highest BCUT2D eigenvalue weighted by Crippen LogP contribution is 2.27. The van der Waals surface area contributed by atoms with E-state index >= 15 is 0 Å². The molecular weight excluding hydrogens is 382 g/mol. The maximum Gasteiger partial charge on any atom is 0.234 e. The van der Waals surface area contributed by atoms with Crippen molar-refractivity contribution in [1.82, 2.24) is 4.98 Å². The fourth-order valence-corrected chi connectivity index (χ4v) is 3.40. The van der Waals surface area contributed by atoms with Crippen LogP contribution < -0.4 is 10.1 Å². The highest BCUT2D eigenvalue weighted by molar-refractivity contribution is 8.00. The summed E-state index contributed by atoms with van der Waals surface area (Å²) in [6, 6.07) is 14.7. The van der Waals surface area contributed by atoms with Crippen LogP contribution in [0.15, 0.2) is 47.5 Å². The Morgan fingerprint density at radius 1 is 1.30 bits per heavy atom. The summed E-state index contributed by atoms with van der Waals surface area (Å²) in [5, 5.41) is 14.1. The minimum atomic E-state index is -0.194. The third-order valence-electron chi connectivity index (χ3n) is 3.90. The lowest BCUT2D eigenvalue weighted by molar-refractivity contribution is -0.113. The number of halogens is 1. The molecule has 136 valence electrons. The Hall–Kier alpha value is -2.75. The molecule has 7 heteroatoms. The summed E-state index contributed by atoms with van der Waals surface area (Å²) in [6.45, 7) is 1.90. The number of anilines is 1. The number of nitrogens with zero attached hydrogens (tertiary/aromatic N) is 2. The van der Waals surface area contributed by atoms with Crippen molar-refractivity contribution in [3.05, 3.63) is 58.6 Å². The molecule has 1 amide bonds. The van der Waals surface area contributed by atoms with E-state index in [1.165, 1.54) is 11.8 Å². The predicted octanol–water partition coefficient (Wildman–Crippen LogP) is 4.81. The van der Waals surface area contributed by atoms with Crippen LogP contribution in [0, 0.1) is 18.3 Å². The summed E-state index contributed by atoms with van der Waals surface area (Å²) < 4.78 is 5.20. The number of methoxy groups -OCH3 is 1. The number of pyridine rings is 1. The Balaban J connectivity index is 1.74. The van der Waals surface area contributed by atoms with Crippen LogP contribution >= 0.6 is 23.4 Å². The molecule has 1 aromatic heterocycles. The van der Waals surface area contributed by atoms with Crippen LogP contribution in [0.1, 0.15) is 11.1 Å². The second kappa shape index (κ2) is 8.30. The monoisotopic (exact) mass is 397 g/mol. The predicted molar refractivity (Wildman–Crippen MR) is 109 cm³/mol. The molecule has 0 aliphatic heterocycles. The number of hydrogen-bond acceptors (Lipinski definition) is 5. The van der Waals surface area contributed by atoms with Gasteiger partial charge in [-0.15, -0.1) is 0 Å². The van der Waals surface area contributed by atoms with Crippen molar-refractivity contribution in [2.75, 3.05) is 18.2 Å². The van der Waals surface area contributed by atoms with Crippen molar-refractivity contribution in [1.29, 1.82) is 5.26 Å². The van der Waals surface area contributed by atoms with Gasteiger partial charge in [-0.25, -0.2) is 4.98 Å². The van der Waals surface area contributed by atoms with Gasteiger partial charge in [0.25, 0.3) is 0 Å². The average Bonchev–Trinajstić information content (AvgIpc) is 2.68. The molecule has 0 fully saturated rings. The Labute approximate surface area is 166 Å². The van der Waals surface area contributed by atoms with Crippen LogP contribution in [0.5, 0.6) is 5.75 Å². The highest BCUT2D eigenvalue weighted by Gasteiger charge is 2.11. The molecule has 0 unspecified atom stereocenters. The second-order valence-corrected chi connectivity index (χ2v) is 7.18. The zero-order valence-corrected chi connectivity index (χ0v) is 16.3. The number of carbonyl (C=O) groups is 1. The largest absolute Gasteiger partial charge is 0.497 e. The summed E-state index contributed by atoms with van der Waals surface area (Å²) in [4.78, 5) is 16.7. The fraction of sp³-hybridized carbons (Fsp3) is 0.150. The summed E-state index contributed by atoms with van der Waals surface area (Å²) in [5.41, 5.74) is 2.74. The Morgan fingerprint density at radius 2 is 2.11 bits per heavy atom. The SMILES string of the molecule is COc1ccc2nc(SCC(=O)Nc3ccc(C)c(Cl)c3)c(C#N)cc2c1. The van der Waals surface area contributed by atoms with E-state index in [1.807, 2.05) is 31.2 Å². The molecule has 2 aromatic carbocycles. The molecule has 27 heavy (non-hydrogen) atoms. The zero-order chi connectivity index (χ0) is 19.4. The van der Waals surface area contributed by atoms with E-state index in [0.29, 0.717) is 27.0 Å². The van der Waals surface area contributed by atoms with E-state index < -0.39 is 0 Å². The van der Waals surface area contributed by atoms with Crippen LogP contribution in [0.25, 0.3) is 10.9 Å². The summed E-state index contributed by atoms with van der Waals surface area (Å²) in [7, 11) is 1.59. The number of aromatic nitrogens is 1. The molecule has 0 aliphatic carbocycles. The molecule has 0 atom stereocenters. The first kappa shape index (κ1) is 19.0. The highest BCUT2D eigenvalue weighted by atomic mass is 35.5. The van der Waals surface area contributed by atoms with E-state index in [1.54, 1.807) is 25.3 Å². The summed E-state index contributed by atoms with van der Waals surface area (Å²) >= 11 is 7.30. The third kappa shape index (κ3) is 4.51. The molecule has 0 aliphatic rings. The maximum atomic E-state index is 12.2. The number of nitrogens with one attached hydrogen (secondary N) is 1. The number of hydrogen-bond donors (Lipinski definition) is 1. The zero-order valence-electron chi connectivity index (χ0n) is 14.7. The molecule has 0 bridgehead atoms. The van der Waals surface area contributed by atoms with Crippen LogP contribution in [0.3, 0.4) is 0 Å². The van der Waals surface area contributed by atoms with Gasteiger partial charge < -0.3 is 10.1 Å². The molecule has 0 saturated carbocycles. The van der Waals surface area contributed by atoms with Gasteiger partial charge in [0.1, 0.15) is 16.8 Å². The van der Waals surface area contributed by atoms with Gasteiger partial charge in [0.2, 0.25) is 5.91 Å². The first-order valence-corrected chi connectivity index (χ1v) is 9.44. The molecule has 0 saturated heterocycles. The molecule has 5 nitrogen and oxygen atoms in total. The van der Waals surface area contributed by atoms with Gasteiger partial charge in [0.15, 0.2) is 0 Å². The topological polar surface area (TPSA) is 75.0 Å². The van der Waals surface area contributed by atoms with Gasteiger partial charge in [0, 0.05) is 16.1 Å². The first-order valence-electron chi connectivity index (χ1n) is 8.08. The number of aryl methyl sites for hydroxylation is 1. The smallest absolute Gasteiger partial charge is 0.234 e. The van der Waals surface area contributed by atoms with Crippen molar-refractivity contribution < 1.29 is 9.53 Å². The number of ether oxygens (including phenoxy) is 1. The Morgan fingerprint density at radius 3 is 2.81 bits per heavy atom. The number of rotatable bonds is 5.